The molecule has 0 aliphatic rings. The molecule has 0 saturated heterocycles. The molecule has 0 spiro atoms. The molecule has 6 nitrogen and oxygen atoms in total. The minimum Gasteiger partial charge on any atom is -0.298 e. The van der Waals surface area contributed by atoms with Gasteiger partial charge in [-0.2, -0.15) is 0 Å². The number of amides is 1. The second-order valence-electron chi connectivity index (χ2n) is 6.23. The first-order chi connectivity index (χ1) is 14.0. The molecule has 0 saturated carbocycles. The number of rotatable bonds is 4. The van der Waals surface area contributed by atoms with Crippen LogP contribution in [0.5, 0.6) is 0 Å². The molecular weight excluding hydrogens is 408 g/mol. The van der Waals surface area contributed by atoms with Gasteiger partial charge in [-0.1, -0.05) is 29.8 Å². The molecule has 0 aliphatic heterocycles. The lowest BCUT2D eigenvalue weighted by molar-refractivity contribution is 0.102. The number of thiazole rings is 1. The standard InChI is InChI=1S/C21H15ClN4O2S/c1-13-5-4-7-16(23-13)17-12-29-21(24-17)25-20(28)14-9-10-19(27)26(11-14)18-8-3-2-6-15(18)22/h2-12H,1H3,(H,24,25,28). The second kappa shape index (κ2) is 7.98. The van der Waals surface area contributed by atoms with Gasteiger partial charge in [-0.25, -0.2) is 4.98 Å². The van der Waals surface area contributed by atoms with Gasteiger partial charge in [0, 0.05) is 23.3 Å². The van der Waals surface area contributed by atoms with E-state index in [4.69, 9.17) is 11.6 Å². The van der Waals surface area contributed by atoms with Crippen molar-refractivity contribution in [2.24, 2.45) is 0 Å². The Morgan fingerprint density at radius 1 is 1.03 bits per heavy atom. The first kappa shape index (κ1) is 19.0. The summed E-state index contributed by atoms with van der Waals surface area (Å²) in [4.78, 5) is 33.8. The third kappa shape index (κ3) is 4.11. The number of carbonyl (C=O) groups excluding carboxylic acids is 1. The first-order valence-corrected chi connectivity index (χ1v) is 9.95. The van der Waals surface area contributed by atoms with E-state index in [1.54, 1.807) is 24.3 Å². The fourth-order valence-corrected chi connectivity index (χ4v) is 3.69. The molecule has 1 N–H and O–H groups in total. The Balaban J connectivity index is 1.59. The zero-order valence-corrected chi connectivity index (χ0v) is 16.9. The topological polar surface area (TPSA) is 76.9 Å². The van der Waals surface area contributed by atoms with Gasteiger partial charge in [0.25, 0.3) is 11.5 Å². The van der Waals surface area contributed by atoms with Gasteiger partial charge in [-0.05, 0) is 37.3 Å². The van der Waals surface area contributed by atoms with Gasteiger partial charge < -0.3 is 0 Å². The van der Waals surface area contributed by atoms with Gasteiger partial charge in [-0.15, -0.1) is 11.3 Å². The zero-order chi connectivity index (χ0) is 20.4. The Morgan fingerprint density at radius 3 is 2.66 bits per heavy atom. The minimum absolute atomic E-state index is 0.281. The van der Waals surface area contributed by atoms with Crippen molar-refractivity contribution in [3.05, 3.63) is 92.8 Å². The molecular formula is C21H15ClN4O2S. The highest BCUT2D eigenvalue weighted by Crippen LogP contribution is 2.24. The van der Waals surface area contributed by atoms with Crippen molar-refractivity contribution in [1.29, 1.82) is 0 Å². The highest BCUT2D eigenvalue weighted by atomic mass is 35.5. The number of nitrogens with zero attached hydrogens (tertiary/aromatic N) is 3. The normalized spacial score (nSPS) is 10.7. The largest absolute Gasteiger partial charge is 0.298 e. The van der Waals surface area contributed by atoms with E-state index in [1.807, 2.05) is 30.5 Å². The summed E-state index contributed by atoms with van der Waals surface area (Å²) in [6.07, 6.45) is 1.47. The quantitative estimate of drug-likeness (QED) is 0.522. The van der Waals surface area contributed by atoms with Crippen LogP contribution in [0.1, 0.15) is 16.1 Å². The molecule has 1 amide bonds. The Kier molecular flexibility index (Phi) is 5.24. The van der Waals surface area contributed by atoms with Gasteiger partial charge >= 0.3 is 0 Å². The van der Waals surface area contributed by atoms with Crippen molar-refractivity contribution in [3.8, 4) is 17.1 Å². The van der Waals surface area contributed by atoms with Crippen molar-refractivity contribution >= 4 is 34.0 Å². The lowest BCUT2D eigenvalue weighted by Crippen LogP contribution is -2.21. The van der Waals surface area contributed by atoms with Crippen LogP contribution in [-0.4, -0.2) is 20.4 Å². The molecule has 3 aromatic heterocycles. The molecule has 0 unspecified atom stereocenters. The van der Waals surface area contributed by atoms with Gasteiger partial charge in [0.15, 0.2) is 5.13 Å². The summed E-state index contributed by atoms with van der Waals surface area (Å²) in [6.45, 7) is 1.91. The SMILES string of the molecule is Cc1cccc(-c2csc(NC(=O)c3ccc(=O)n(-c4ccccc4Cl)c3)n2)n1. The van der Waals surface area contributed by atoms with Crippen molar-refractivity contribution in [2.75, 3.05) is 5.32 Å². The van der Waals surface area contributed by atoms with E-state index in [0.29, 0.717) is 27.1 Å². The number of hydrogen-bond acceptors (Lipinski definition) is 5. The number of carbonyl (C=O) groups is 1. The number of benzene rings is 1. The maximum Gasteiger partial charge on any atom is 0.258 e. The van der Waals surface area contributed by atoms with Crippen LogP contribution in [0, 0.1) is 6.92 Å². The van der Waals surface area contributed by atoms with E-state index in [9.17, 15) is 9.59 Å². The summed E-state index contributed by atoms with van der Waals surface area (Å²) in [6, 6.07) is 15.4. The van der Waals surface area contributed by atoms with E-state index in [-0.39, 0.29) is 11.5 Å². The predicted molar refractivity (Wildman–Crippen MR) is 115 cm³/mol. The molecule has 1 aromatic carbocycles. The Labute approximate surface area is 175 Å². The highest BCUT2D eigenvalue weighted by Gasteiger charge is 2.13. The Hall–Kier alpha value is -3.29. The fraction of sp³-hybridized carbons (Fsp3) is 0.0476. The molecule has 3 heterocycles. The average molecular weight is 423 g/mol. The van der Waals surface area contributed by atoms with Crippen LogP contribution in [0.4, 0.5) is 5.13 Å². The van der Waals surface area contributed by atoms with Crippen molar-refractivity contribution in [3.63, 3.8) is 0 Å². The number of aromatic nitrogens is 3. The number of aryl methyl sites for hydroxylation is 1. The maximum absolute atomic E-state index is 12.7. The van der Waals surface area contributed by atoms with Gasteiger partial charge in [-0.3, -0.25) is 24.5 Å². The maximum atomic E-state index is 12.7. The molecule has 0 radical (unpaired) electrons. The lowest BCUT2D eigenvalue weighted by Gasteiger charge is -2.09. The van der Waals surface area contributed by atoms with E-state index < -0.39 is 0 Å². The van der Waals surface area contributed by atoms with Crippen molar-refractivity contribution in [1.82, 2.24) is 14.5 Å². The summed E-state index contributed by atoms with van der Waals surface area (Å²) in [5.74, 6) is -0.371. The smallest absolute Gasteiger partial charge is 0.258 e. The van der Waals surface area contributed by atoms with Crippen molar-refractivity contribution in [2.45, 2.75) is 6.92 Å². The Bertz CT molecular complexity index is 1270. The highest BCUT2D eigenvalue weighted by molar-refractivity contribution is 7.14. The third-order valence-corrected chi connectivity index (χ3v) is 5.24. The molecule has 8 heteroatoms. The summed E-state index contributed by atoms with van der Waals surface area (Å²) in [7, 11) is 0. The predicted octanol–water partition coefficient (Wildman–Crippen LogP) is 4.57. The van der Waals surface area contributed by atoms with E-state index >= 15 is 0 Å². The minimum atomic E-state index is -0.371. The van der Waals surface area contributed by atoms with E-state index in [1.165, 1.54) is 34.2 Å². The number of nitrogens with one attached hydrogen (secondary N) is 1. The van der Waals surface area contributed by atoms with Crippen LogP contribution < -0.4 is 10.9 Å². The summed E-state index contributed by atoms with van der Waals surface area (Å²) >= 11 is 7.50. The van der Waals surface area contributed by atoms with E-state index in [0.717, 1.165) is 11.4 Å². The summed E-state index contributed by atoms with van der Waals surface area (Å²) < 4.78 is 1.35. The van der Waals surface area contributed by atoms with Gasteiger partial charge in [0.2, 0.25) is 0 Å². The number of hydrogen-bond donors (Lipinski definition) is 1. The molecule has 4 rings (SSSR count). The molecule has 0 aliphatic carbocycles. The van der Waals surface area contributed by atoms with E-state index in [2.05, 4.69) is 15.3 Å². The lowest BCUT2D eigenvalue weighted by atomic mass is 10.2. The van der Waals surface area contributed by atoms with Crippen LogP contribution in [0.2, 0.25) is 5.02 Å². The molecule has 144 valence electrons. The second-order valence-corrected chi connectivity index (χ2v) is 7.50. The monoisotopic (exact) mass is 422 g/mol. The summed E-state index contributed by atoms with van der Waals surface area (Å²) in [5, 5.41) is 5.47. The summed E-state index contributed by atoms with van der Waals surface area (Å²) in [5.41, 5.74) is 2.87. The molecule has 29 heavy (non-hydrogen) atoms. The molecule has 4 aromatic rings. The van der Waals surface area contributed by atoms with Crippen molar-refractivity contribution < 1.29 is 4.79 Å². The Morgan fingerprint density at radius 2 is 1.86 bits per heavy atom. The average Bonchev–Trinajstić information content (AvgIpc) is 3.17. The number of pyridine rings is 2. The van der Waals surface area contributed by atoms with Gasteiger partial charge in [0.05, 0.1) is 22.0 Å². The number of para-hydroxylation sites is 1. The number of halogens is 1. The number of anilines is 1. The van der Waals surface area contributed by atoms with Crippen LogP contribution in [0.3, 0.4) is 0 Å². The molecule has 0 atom stereocenters. The van der Waals surface area contributed by atoms with Crippen LogP contribution in [-0.2, 0) is 0 Å². The van der Waals surface area contributed by atoms with Crippen LogP contribution in [0.15, 0.2) is 71.0 Å². The zero-order valence-electron chi connectivity index (χ0n) is 15.3. The third-order valence-electron chi connectivity index (χ3n) is 4.16. The van der Waals surface area contributed by atoms with Crippen LogP contribution in [0.25, 0.3) is 17.1 Å². The first-order valence-electron chi connectivity index (χ1n) is 8.70. The van der Waals surface area contributed by atoms with Crippen LogP contribution >= 0.6 is 22.9 Å². The molecule has 0 bridgehead atoms. The fourth-order valence-electron chi connectivity index (χ4n) is 2.76. The van der Waals surface area contributed by atoms with Gasteiger partial charge in [0.1, 0.15) is 5.69 Å². The molecule has 0 fully saturated rings.